The van der Waals surface area contributed by atoms with Crippen LogP contribution in [0.5, 0.6) is 5.75 Å². The van der Waals surface area contributed by atoms with Gasteiger partial charge in [0.15, 0.2) is 0 Å². The van der Waals surface area contributed by atoms with Crippen LogP contribution in [0, 0.1) is 0 Å². The standard InChI is InChI=1S/C19H21ClN2O6S2/c1-26-12-4-2-11(3-5-12)9-28-19(25)16-13(29-7-6-27-14(23)8-20)10-30-18-15(21)17(24)22(16)18/h2-5,15,18H,6-10,21H2,1H3/t15-,18+/m1/s1. The molecular weight excluding hydrogens is 452 g/mol. The van der Waals surface area contributed by atoms with Crippen molar-refractivity contribution in [2.75, 3.05) is 31.1 Å². The molecule has 11 heteroatoms. The van der Waals surface area contributed by atoms with Crippen LogP contribution >= 0.6 is 35.1 Å². The Hall–Kier alpha value is -1.88. The second-order valence-electron chi connectivity index (χ2n) is 6.33. The maximum atomic E-state index is 12.9. The molecule has 0 radical (unpaired) electrons. The summed E-state index contributed by atoms with van der Waals surface area (Å²) in [6, 6.07) is 6.52. The third-order valence-electron chi connectivity index (χ3n) is 4.43. The summed E-state index contributed by atoms with van der Waals surface area (Å²) in [6.07, 6.45) is 0. The molecule has 0 aromatic heterocycles. The SMILES string of the molecule is COc1ccc(COC(=O)C2=C(SCCOC(=O)CCl)CS[C@H]3[C@H](N)C(=O)N23)cc1. The van der Waals surface area contributed by atoms with Crippen molar-refractivity contribution in [3.05, 3.63) is 40.4 Å². The molecular formula is C19H21ClN2O6S2. The van der Waals surface area contributed by atoms with Crippen molar-refractivity contribution < 1.29 is 28.6 Å². The number of ether oxygens (including phenoxy) is 3. The van der Waals surface area contributed by atoms with Crippen molar-refractivity contribution in [3.8, 4) is 5.75 Å². The molecule has 2 aliphatic rings. The number of alkyl halides is 1. The quantitative estimate of drug-likeness (QED) is 0.248. The number of nitrogens with two attached hydrogens (primary N) is 1. The number of nitrogens with zero attached hydrogens (tertiary/aromatic N) is 1. The van der Waals surface area contributed by atoms with E-state index in [1.54, 1.807) is 31.4 Å². The van der Waals surface area contributed by atoms with E-state index >= 15 is 0 Å². The lowest BCUT2D eigenvalue weighted by atomic mass is 10.1. The highest BCUT2D eigenvalue weighted by atomic mass is 35.5. The Kier molecular flexibility index (Phi) is 7.93. The minimum Gasteiger partial charge on any atom is -0.497 e. The summed E-state index contributed by atoms with van der Waals surface area (Å²) >= 11 is 8.24. The fourth-order valence-electron chi connectivity index (χ4n) is 2.89. The lowest BCUT2D eigenvalue weighted by Crippen LogP contribution is -2.68. The number of carbonyl (C=O) groups is 3. The summed E-state index contributed by atoms with van der Waals surface area (Å²) in [5, 5.41) is -0.278. The van der Waals surface area contributed by atoms with Crippen LogP contribution in [0.1, 0.15) is 5.56 Å². The monoisotopic (exact) mass is 472 g/mol. The molecule has 2 aliphatic heterocycles. The Labute approximate surface area is 187 Å². The smallest absolute Gasteiger partial charge is 0.356 e. The molecule has 0 saturated carbocycles. The summed E-state index contributed by atoms with van der Waals surface area (Å²) in [5.41, 5.74) is 6.88. The van der Waals surface area contributed by atoms with Crippen LogP contribution in [-0.4, -0.2) is 65.3 Å². The highest BCUT2D eigenvalue weighted by Gasteiger charge is 2.52. The van der Waals surface area contributed by atoms with Crippen molar-refractivity contribution in [2.24, 2.45) is 5.73 Å². The van der Waals surface area contributed by atoms with Gasteiger partial charge in [-0.1, -0.05) is 12.1 Å². The topological polar surface area (TPSA) is 108 Å². The zero-order valence-electron chi connectivity index (χ0n) is 16.2. The summed E-state index contributed by atoms with van der Waals surface area (Å²) < 4.78 is 15.5. The predicted octanol–water partition coefficient (Wildman–Crippen LogP) is 1.71. The first-order valence-corrected chi connectivity index (χ1v) is 11.6. The van der Waals surface area contributed by atoms with Crippen LogP contribution in [-0.2, 0) is 30.5 Å². The van der Waals surface area contributed by atoms with E-state index in [0.29, 0.717) is 22.2 Å². The number of amides is 1. The molecule has 1 saturated heterocycles. The number of β-lactam (4-membered cyclic amide) rings is 1. The Balaban J connectivity index is 1.68. The van der Waals surface area contributed by atoms with Crippen LogP contribution in [0.2, 0.25) is 0 Å². The van der Waals surface area contributed by atoms with Gasteiger partial charge in [0.25, 0.3) is 0 Å². The predicted molar refractivity (Wildman–Crippen MR) is 115 cm³/mol. The molecule has 1 aromatic carbocycles. The van der Waals surface area contributed by atoms with Crippen LogP contribution in [0.15, 0.2) is 34.9 Å². The minimum absolute atomic E-state index is 0.0590. The van der Waals surface area contributed by atoms with Gasteiger partial charge in [0.1, 0.15) is 42.0 Å². The molecule has 0 aliphatic carbocycles. The largest absolute Gasteiger partial charge is 0.497 e. The lowest BCUT2D eigenvalue weighted by molar-refractivity contribution is -0.151. The molecule has 1 amide bonds. The van der Waals surface area contributed by atoms with E-state index in [2.05, 4.69) is 0 Å². The van der Waals surface area contributed by atoms with Crippen LogP contribution in [0.3, 0.4) is 0 Å². The molecule has 2 atom stereocenters. The van der Waals surface area contributed by atoms with Crippen LogP contribution in [0.25, 0.3) is 0 Å². The number of thioether (sulfide) groups is 2. The van der Waals surface area contributed by atoms with Gasteiger partial charge >= 0.3 is 11.9 Å². The minimum atomic E-state index is -0.629. The average molecular weight is 473 g/mol. The first kappa shape index (κ1) is 22.8. The van der Waals surface area contributed by atoms with E-state index in [-0.39, 0.29) is 36.1 Å². The second kappa shape index (κ2) is 10.4. The van der Waals surface area contributed by atoms with E-state index in [4.69, 9.17) is 31.5 Å². The number of carbonyl (C=O) groups excluding carboxylic acids is 3. The molecule has 2 N–H and O–H groups in total. The molecule has 0 unspecified atom stereocenters. The van der Waals surface area contributed by atoms with E-state index in [0.717, 1.165) is 5.56 Å². The molecule has 0 spiro atoms. The Morgan fingerprint density at radius 1 is 1.30 bits per heavy atom. The zero-order chi connectivity index (χ0) is 21.7. The molecule has 30 heavy (non-hydrogen) atoms. The average Bonchev–Trinajstić information content (AvgIpc) is 2.79. The van der Waals surface area contributed by atoms with Crippen LogP contribution < -0.4 is 10.5 Å². The highest BCUT2D eigenvalue weighted by molar-refractivity contribution is 8.06. The second-order valence-corrected chi connectivity index (χ2v) is 8.90. The van der Waals surface area contributed by atoms with E-state index in [1.807, 2.05) is 0 Å². The maximum absolute atomic E-state index is 12.9. The summed E-state index contributed by atoms with van der Waals surface area (Å²) in [7, 11) is 1.57. The fourth-order valence-corrected chi connectivity index (χ4v) is 5.37. The molecule has 162 valence electrons. The maximum Gasteiger partial charge on any atom is 0.356 e. The third-order valence-corrected chi connectivity index (χ3v) is 7.19. The van der Waals surface area contributed by atoms with E-state index < -0.39 is 18.0 Å². The van der Waals surface area contributed by atoms with Crippen molar-refractivity contribution in [2.45, 2.75) is 18.0 Å². The highest BCUT2D eigenvalue weighted by Crippen LogP contribution is 2.43. The Bertz CT molecular complexity index is 848. The summed E-state index contributed by atoms with van der Waals surface area (Å²) in [5.74, 6) is 0.0249. The molecule has 1 aromatic rings. The Morgan fingerprint density at radius 3 is 2.70 bits per heavy atom. The summed E-state index contributed by atoms with van der Waals surface area (Å²) in [6.45, 7) is 0.207. The molecule has 8 nitrogen and oxygen atoms in total. The van der Waals surface area contributed by atoms with Crippen molar-refractivity contribution in [3.63, 3.8) is 0 Å². The molecule has 1 fully saturated rings. The number of methoxy groups -OCH3 is 1. The van der Waals surface area contributed by atoms with Gasteiger partial charge in [0.05, 0.1) is 7.11 Å². The van der Waals surface area contributed by atoms with Gasteiger partial charge in [-0.3, -0.25) is 14.5 Å². The molecule has 0 bridgehead atoms. The Morgan fingerprint density at radius 2 is 2.03 bits per heavy atom. The first-order chi connectivity index (χ1) is 14.5. The summed E-state index contributed by atoms with van der Waals surface area (Å²) in [4.78, 5) is 38.4. The molecule has 2 heterocycles. The van der Waals surface area contributed by atoms with Gasteiger partial charge in [-0.25, -0.2) is 4.79 Å². The fraction of sp³-hybridized carbons (Fsp3) is 0.421. The number of benzene rings is 1. The van der Waals surface area contributed by atoms with E-state index in [1.165, 1.54) is 28.4 Å². The van der Waals surface area contributed by atoms with Gasteiger partial charge in [-0.15, -0.1) is 35.1 Å². The van der Waals surface area contributed by atoms with Gasteiger partial charge in [0.2, 0.25) is 5.91 Å². The number of fused-ring (bicyclic) bond motifs is 1. The van der Waals surface area contributed by atoms with Gasteiger partial charge in [0, 0.05) is 16.4 Å². The van der Waals surface area contributed by atoms with Crippen molar-refractivity contribution >= 4 is 53.0 Å². The number of halogens is 1. The number of esters is 2. The number of hydrogen-bond acceptors (Lipinski definition) is 9. The zero-order valence-corrected chi connectivity index (χ0v) is 18.6. The van der Waals surface area contributed by atoms with Gasteiger partial charge in [-0.2, -0.15) is 0 Å². The number of rotatable bonds is 9. The lowest BCUT2D eigenvalue weighted by Gasteiger charge is -2.48. The third kappa shape index (κ3) is 5.05. The van der Waals surface area contributed by atoms with Crippen LogP contribution in [0.4, 0.5) is 0 Å². The normalized spacial score (nSPS) is 20.4. The first-order valence-electron chi connectivity index (χ1n) is 9.04. The number of hydrogen-bond donors (Lipinski definition) is 1. The molecule has 3 rings (SSSR count). The van der Waals surface area contributed by atoms with Gasteiger partial charge < -0.3 is 19.9 Å². The van der Waals surface area contributed by atoms with E-state index in [9.17, 15) is 14.4 Å². The van der Waals surface area contributed by atoms with Gasteiger partial charge in [-0.05, 0) is 17.7 Å². The van der Waals surface area contributed by atoms with Crippen molar-refractivity contribution in [1.82, 2.24) is 4.90 Å². The van der Waals surface area contributed by atoms with Crippen molar-refractivity contribution in [1.29, 1.82) is 0 Å².